The van der Waals surface area contributed by atoms with E-state index in [0.717, 1.165) is 75.9 Å². The lowest BCUT2D eigenvalue weighted by atomic mass is 10.1. The van der Waals surface area contributed by atoms with Crippen molar-refractivity contribution in [3.63, 3.8) is 0 Å². The van der Waals surface area contributed by atoms with Crippen LogP contribution in [0.15, 0.2) is 61.2 Å². The summed E-state index contributed by atoms with van der Waals surface area (Å²) in [6.07, 6.45) is 15.0. The Hall–Kier alpha value is -2.76. The Morgan fingerprint density at radius 3 is 1.39 bits per heavy atom. The van der Waals surface area contributed by atoms with E-state index in [2.05, 4.69) is 6.58 Å². The fourth-order valence-corrected chi connectivity index (χ4v) is 6.10. The predicted octanol–water partition coefficient (Wildman–Crippen LogP) is 12.7. The van der Waals surface area contributed by atoms with Gasteiger partial charge in [0.2, 0.25) is 0 Å². The van der Waals surface area contributed by atoms with Crippen molar-refractivity contribution < 1.29 is 41.7 Å². The highest BCUT2D eigenvalue weighted by molar-refractivity contribution is 14.1. The smallest absolute Gasteiger partial charge is 0.390 e. The van der Waals surface area contributed by atoms with Crippen LogP contribution in [0.2, 0.25) is 0 Å². The molecule has 0 radical (unpaired) electrons. The number of ether oxygens (including phenoxy) is 4. The molecule has 1 unspecified atom stereocenters. The van der Waals surface area contributed by atoms with E-state index in [0.29, 0.717) is 37.4 Å². The van der Waals surface area contributed by atoms with E-state index >= 15 is 0 Å². The molecule has 0 saturated heterocycles. The maximum Gasteiger partial charge on any atom is 0.390 e. The standard InChI is InChI=1S/C21H30F3IO3.C20H30O3/c1-2-27-20(26)17-11-13-19(14-12-17)28-15-9-7-5-3-4-6-8-10-18(25)16-21(22,23)24;1-3-5-6-7-8-9-10-11-12-17-23-19-15-13-18(14-16-19)20(21)22-4-2/h11-14,18H,2-10,15-16H2,1H3;3,13-16H,1,4-12,17H2,2H3. The van der Waals surface area contributed by atoms with Gasteiger partial charge in [0.05, 0.1) is 44.0 Å². The first-order valence-electron chi connectivity index (χ1n) is 18.7. The summed E-state index contributed by atoms with van der Waals surface area (Å²) in [5, 5.41) is 0. The maximum atomic E-state index is 12.2. The summed E-state index contributed by atoms with van der Waals surface area (Å²) in [7, 11) is 0. The minimum atomic E-state index is -4.04. The molecule has 0 saturated carbocycles. The number of esters is 2. The Bertz CT molecular complexity index is 1170. The van der Waals surface area contributed by atoms with Gasteiger partial charge in [0.15, 0.2) is 0 Å². The van der Waals surface area contributed by atoms with Crippen molar-refractivity contribution in [1.82, 2.24) is 0 Å². The third kappa shape index (κ3) is 25.8. The molecule has 0 aliphatic heterocycles. The van der Waals surface area contributed by atoms with Gasteiger partial charge < -0.3 is 18.9 Å². The average molecular weight is 833 g/mol. The lowest BCUT2D eigenvalue weighted by molar-refractivity contribution is -0.133. The van der Waals surface area contributed by atoms with Gasteiger partial charge in [-0.1, -0.05) is 99.3 Å². The zero-order valence-corrected chi connectivity index (χ0v) is 32.9. The number of hydrogen-bond acceptors (Lipinski definition) is 6. The van der Waals surface area contributed by atoms with Crippen molar-refractivity contribution in [3.8, 4) is 11.5 Å². The van der Waals surface area contributed by atoms with E-state index < -0.39 is 12.6 Å². The number of rotatable bonds is 27. The first-order chi connectivity index (χ1) is 24.6. The molecular weight excluding hydrogens is 772 g/mol. The zero-order chi connectivity index (χ0) is 37.6. The quantitative estimate of drug-likeness (QED) is 0.0294. The van der Waals surface area contributed by atoms with Crippen LogP contribution < -0.4 is 9.47 Å². The van der Waals surface area contributed by atoms with Gasteiger partial charge in [-0.2, -0.15) is 13.2 Å². The SMILES string of the molecule is C=CCCCCCCCCCOc1ccc(C(=O)OCC)cc1.CCOC(=O)c1ccc(OCCCCCCCCCC(I)CC(F)(F)F)cc1. The molecule has 0 aliphatic rings. The molecule has 0 N–H and O–H groups in total. The molecule has 0 aromatic heterocycles. The summed E-state index contributed by atoms with van der Waals surface area (Å²) in [6.45, 7) is 9.42. The largest absolute Gasteiger partial charge is 0.494 e. The lowest BCUT2D eigenvalue weighted by Crippen LogP contribution is -2.14. The maximum absolute atomic E-state index is 12.2. The van der Waals surface area contributed by atoms with Gasteiger partial charge in [0.1, 0.15) is 11.5 Å². The Labute approximate surface area is 318 Å². The zero-order valence-electron chi connectivity index (χ0n) is 30.8. The van der Waals surface area contributed by atoms with Gasteiger partial charge in [0, 0.05) is 3.92 Å². The van der Waals surface area contributed by atoms with Gasteiger partial charge in [-0.25, -0.2) is 9.59 Å². The van der Waals surface area contributed by atoms with E-state index in [1.165, 1.54) is 38.5 Å². The second kappa shape index (κ2) is 29.8. The average Bonchev–Trinajstić information content (AvgIpc) is 3.10. The van der Waals surface area contributed by atoms with Crippen LogP contribution >= 0.6 is 22.6 Å². The number of alkyl halides is 4. The van der Waals surface area contributed by atoms with E-state index in [-0.39, 0.29) is 15.9 Å². The van der Waals surface area contributed by atoms with Gasteiger partial charge >= 0.3 is 18.1 Å². The van der Waals surface area contributed by atoms with Crippen molar-refractivity contribution in [2.45, 2.75) is 133 Å². The normalized spacial score (nSPS) is 11.6. The molecule has 1 atom stereocenters. The molecule has 0 fully saturated rings. The molecule has 2 aromatic carbocycles. The minimum Gasteiger partial charge on any atom is -0.494 e. The van der Waals surface area contributed by atoms with E-state index in [1.807, 2.05) is 40.8 Å². The van der Waals surface area contributed by atoms with Crippen molar-refractivity contribution >= 4 is 34.5 Å². The highest BCUT2D eigenvalue weighted by Gasteiger charge is 2.30. The topological polar surface area (TPSA) is 71.1 Å². The first kappa shape index (κ1) is 46.3. The Balaban J connectivity index is 0.000000520. The van der Waals surface area contributed by atoms with E-state index in [9.17, 15) is 22.8 Å². The minimum absolute atomic E-state index is 0.285. The van der Waals surface area contributed by atoms with Gasteiger partial charge in [-0.15, -0.1) is 6.58 Å². The Kier molecular flexibility index (Phi) is 27.0. The van der Waals surface area contributed by atoms with Crippen molar-refractivity contribution in [2.75, 3.05) is 26.4 Å². The molecular formula is C41H60F3IO6. The summed E-state index contributed by atoms with van der Waals surface area (Å²) in [5.74, 6) is 0.929. The molecule has 6 nitrogen and oxygen atoms in total. The van der Waals surface area contributed by atoms with Crippen molar-refractivity contribution in [3.05, 3.63) is 72.3 Å². The fraction of sp³-hybridized carbons (Fsp3) is 0.610. The van der Waals surface area contributed by atoms with Crippen LogP contribution in [-0.4, -0.2) is 48.5 Å². The van der Waals surface area contributed by atoms with E-state index in [1.54, 1.807) is 50.2 Å². The second-order valence-electron chi connectivity index (χ2n) is 12.4. The van der Waals surface area contributed by atoms with E-state index in [4.69, 9.17) is 18.9 Å². The molecule has 51 heavy (non-hydrogen) atoms. The van der Waals surface area contributed by atoms with Gasteiger partial charge in [0.25, 0.3) is 0 Å². The second-order valence-corrected chi connectivity index (χ2v) is 14.2. The third-order valence-electron chi connectivity index (χ3n) is 7.94. The first-order valence-corrected chi connectivity index (χ1v) is 20.0. The molecule has 0 spiro atoms. The number of halogens is 4. The number of hydrogen-bond donors (Lipinski definition) is 0. The molecule has 2 aromatic rings. The summed E-state index contributed by atoms with van der Waals surface area (Å²) >= 11 is 1.91. The number of carbonyl (C=O) groups is 2. The number of unbranched alkanes of at least 4 members (excludes halogenated alkanes) is 13. The van der Waals surface area contributed by atoms with Crippen LogP contribution in [0.25, 0.3) is 0 Å². The Morgan fingerprint density at radius 2 is 1.02 bits per heavy atom. The van der Waals surface area contributed by atoms with Gasteiger partial charge in [-0.05, 0) is 94.5 Å². The van der Waals surface area contributed by atoms with Crippen LogP contribution in [-0.2, 0) is 9.47 Å². The van der Waals surface area contributed by atoms with Gasteiger partial charge in [-0.3, -0.25) is 0 Å². The summed E-state index contributed by atoms with van der Waals surface area (Å²) in [4.78, 5) is 23.1. The summed E-state index contributed by atoms with van der Waals surface area (Å²) in [6, 6.07) is 14.1. The molecule has 0 bridgehead atoms. The fourth-order valence-electron chi connectivity index (χ4n) is 5.16. The highest BCUT2D eigenvalue weighted by atomic mass is 127. The lowest BCUT2D eigenvalue weighted by Gasteiger charge is -2.12. The molecule has 0 aliphatic carbocycles. The van der Waals surface area contributed by atoms with Crippen LogP contribution in [0.3, 0.4) is 0 Å². The number of carbonyl (C=O) groups excluding carboxylic acids is 2. The molecule has 2 rings (SSSR count). The van der Waals surface area contributed by atoms with Crippen molar-refractivity contribution in [1.29, 1.82) is 0 Å². The molecule has 10 heteroatoms. The van der Waals surface area contributed by atoms with Crippen LogP contribution in [0.4, 0.5) is 13.2 Å². The predicted molar refractivity (Wildman–Crippen MR) is 208 cm³/mol. The van der Waals surface area contributed by atoms with Crippen LogP contribution in [0, 0.1) is 0 Å². The number of benzene rings is 2. The highest BCUT2D eigenvalue weighted by Crippen LogP contribution is 2.28. The number of allylic oxidation sites excluding steroid dienone is 1. The van der Waals surface area contributed by atoms with Crippen LogP contribution in [0.5, 0.6) is 11.5 Å². The summed E-state index contributed by atoms with van der Waals surface area (Å²) < 4.78 is 57.7. The third-order valence-corrected chi connectivity index (χ3v) is 9.00. The molecule has 0 heterocycles. The molecule has 0 amide bonds. The van der Waals surface area contributed by atoms with Crippen molar-refractivity contribution in [2.24, 2.45) is 0 Å². The molecule has 288 valence electrons. The van der Waals surface area contributed by atoms with Crippen LogP contribution in [0.1, 0.15) is 144 Å². The summed E-state index contributed by atoms with van der Waals surface area (Å²) in [5.41, 5.74) is 1.08. The Morgan fingerprint density at radius 1 is 0.647 bits per heavy atom. The monoisotopic (exact) mass is 832 g/mol.